The molecule has 2 unspecified atom stereocenters. The normalized spacial score (nSPS) is 25.5. The van der Waals surface area contributed by atoms with Crippen molar-refractivity contribution in [3.8, 4) is 0 Å². The number of halogens is 1. The average Bonchev–Trinajstić information content (AvgIpc) is 2.69. The molecule has 0 amide bonds. The van der Waals surface area contributed by atoms with E-state index in [2.05, 4.69) is 10.3 Å². The summed E-state index contributed by atoms with van der Waals surface area (Å²) in [5, 5.41) is 4.04. The van der Waals surface area contributed by atoms with Crippen molar-refractivity contribution in [2.75, 3.05) is 12.4 Å². The van der Waals surface area contributed by atoms with Crippen LogP contribution >= 0.6 is 11.6 Å². The van der Waals surface area contributed by atoms with E-state index in [4.69, 9.17) is 16.3 Å². The molecule has 1 aromatic rings. The summed E-state index contributed by atoms with van der Waals surface area (Å²) in [7, 11) is 1.76. The van der Waals surface area contributed by atoms with Crippen molar-refractivity contribution in [1.29, 1.82) is 0 Å². The number of pyridine rings is 1. The van der Waals surface area contributed by atoms with Gasteiger partial charge in [-0.25, -0.2) is 4.98 Å². The minimum atomic E-state index is 0.308. The maximum absolute atomic E-state index is 5.77. The van der Waals surface area contributed by atoms with Crippen LogP contribution in [0.25, 0.3) is 0 Å². The number of rotatable bonds is 3. The molecule has 1 N–H and O–H groups in total. The van der Waals surface area contributed by atoms with Crippen LogP contribution in [0, 0.1) is 0 Å². The zero-order valence-electron chi connectivity index (χ0n) is 8.74. The fourth-order valence-corrected chi connectivity index (χ4v) is 2.14. The zero-order chi connectivity index (χ0) is 10.7. The summed E-state index contributed by atoms with van der Waals surface area (Å²) < 4.78 is 5.40. The van der Waals surface area contributed by atoms with Gasteiger partial charge in [0.2, 0.25) is 0 Å². The standard InChI is InChI=1S/C11H15ClN2O/c1-15-10-4-2-3-9(10)14-11-6-5-8(12)7-13-11/h5-7,9-10H,2-4H2,1H3,(H,13,14). The first-order chi connectivity index (χ1) is 7.29. The third-order valence-electron chi connectivity index (χ3n) is 2.82. The Balaban J connectivity index is 1.99. The van der Waals surface area contributed by atoms with Crippen molar-refractivity contribution in [1.82, 2.24) is 4.98 Å². The van der Waals surface area contributed by atoms with E-state index in [1.165, 1.54) is 6.42 Å². The van der Waals surface area contributed by atoms with Crippen LogP contribution in [0.2, 0.25) is 5.02 Å². The van der Waals surface area contributed by atoms with E-state index in [1.54, 1.807) is 13.3 Å². The predicted octanol–water partition coefficient (Wildman–Crippen LogP) is 2.71. The third-order valence-corrected chi connectivity index (χ3v) is 3.04. The molecular weight excluding hydrogens is 212 g/mol. The molecule has 1 heterocycles. The molecule has 0 bridgehead atoms. The molecule has 0 spiro atoms. The molecule has 0 saturated heterocycles. The second-order valence-electron chi connectivity index (χ2n) is 3.82. The topological polar surface area (TPSA) is 34.1 Å². The van der Waals surface area contributed by atoms with Crippen LogP contribution in [0.3, 0.4) is 0 Å². The number of anilines is 1. The Morgan fingerprint density at radius 1 is 1.47 bits per heavy atom. The largest absolute Gasteiger partial charge is 0.379 e. The molecule has 3 nitrogen and oxygen atoms in total. The van der Waals surface area contributed by atoms with Gasteiger partial charge in [0.25, 0.3) is 0 Å². The summed E-state index contributed by atoms with van der Waals surface area (Å²) in [6, 6.07) is 4.12. The zero-order valence-corrected chi connectivity index (χ0v) is 9.50. The van der Waals surface area contributed by atoms with Gasteiger partial charge in [-0.15, -0.1) is 0 Å². The van der Waals surface area contributed by atoms with E-state index in [0.717, 1.165) is 18.7 Å². The van der Waals surface area contributed by atoms with Gasteiger partial charge in [0.1, 0.15) is 5.82 Å². The van der Waals surface area contributed by atoms with Gasteiger partial charge in [-0.3, -0.25) is 0 Å². The van der Waals surface area contributed by atoms with Gasteiger partial charge in [-0.05, 0) is 31.4 Å². The van der Waals surface area contributed by atoms with Crippen LogP contribution in [0.15, 0.2) is 18.3 Å². The summed E-state index contributed by atoms with van der Waals surface area (Å²) in [5.74, 6) is 0.869. The lowest BCUT2D eigenvalue weighted by Crippen LogP contribution is -2.29. The highest BCUT2D eigenvalue weighted by Crippen LogP contribution is 2.24. The van der Waals surface area contributed by atoms with Crippen molar-refractivity contribution >= 4 is 17.4 Å². The molecule has 82 valence electrons. The molecule has 2 atom stereocenters. The summed E-state index contributed by atoms with van der Waals surface area (Å²) in [5.41, 5.74) is 0. The Morgan fingerprint density at radius 2 is 2.33 bits per heavy atom. The molecule has 2 rings (SSSR count). The summed E-state index contributed by atoms with van der Waals surface area (Å²) in [6.45, 7) is 0. The molecule has 1 saturated carbocycles. The molecule has 1 aromatic heterocycles. The van der Waals surface area contributed by atoms with E-state index in [-0.39, 0.29) is 0 Å². The molecule has 1 fully saturated rings. The van der Waals surface area contributed by atoms with Gasteiger partial charge in [0.15, 0.2) is 0 Å². The smallest absolute Gasteiger partial charge is 0.126 e. The van der Waals surface area contributed by atoms with E-state index in [1.807, 2.05) is 12.1 Å². The lowest BCUT2D eigenvalue weighted by Gasteiger charge is -2.19. The predicted molar refractivity (Wildman–Crippen MR) is 61.3 cm³/mol. The van der Waals surface area contributed by atoms with Gasteiger partial charge in [-0.2, -0.15) is 0 Å². The van der Waals surface area contributed by atoms with E-state index in [0.29, 0.717) is 17.2 Å². The fourth-order valence-electron chi connectivity index (χ4n) is 2.02. The highest BCUT2D eigenvalue weighted by molar-refractivity contribution is 6.30. The number of hydrogen-bond donors (Lipinski definition) is 1. The van der Waals surface area contributed by atoms with Crippen molar-refractivity contribution in [3.63, 3.8) is 0 Å². The number of nitrogens with zero attached hydrogens (tertiary/aromatic N) is 1. The maximum Gasteiger partial charge on any atom is 0.126 e. The van der Waals surface area contributed by atoms with Crippen molar-refractivity contribution in [2.45, 2.75) is 31.4 Å². The van der Waals surface area contributed by atoms with Crippen LogP contribution < -0.4 is 5.32 Å². The van der Waals surface area contributed by atoms with E-state index >= 15 is 0 Å². The first-order valence-electron chi connectivity index (χ1n) is 5.20. The van der Waals surface area contributed by atoms with Crippen LogP contribution in [-0.2, 0) is 4.74 Å². The van der Waals surface area contributed by atoms with Crippen LogP contribution in [0.1, 0.15) is 19.3 Å². The van der Waals surface area contributed by atoms with Crippen LogP contribution in [0.4, 0.5) is 5.82 Å². The SMILES string of the molecule is COC1CCCC1Nc1ccc(Cl)cn1. The molecule has 1 aliphatic rings. The monoisotopic (exact) mass is 226 g/mol. The van der Waals surface area contributed by atoms with Gasteiger partial charge >= 0.3 is 0 Å². The third kappa shape index (κ3) is 2.61. The molecule has 4 heteroatoms. The maximum atomic E-state index is 5.77. The molecule has 1 aliphatic carbocycles. The molecule has 0 radical (unpaired) electrons. The Labute approximate surface area is 94.8 Å². The Morgan fingerprint density at radius 3 is 3.00 bits per heavy atom. The Kier molecular flexibility index (Phi) is 3.44. The number of nitrogens with one attached hydrogen (secondary N) is 1. The summed E-state index contributed by atoms with van der Waals surface area (Å²) in [6.07, 6.45) is 5.44. The highest BCUT2D eigenvalue weighted by Gasteiger charge is 2.26. The van der Waals surface area contributed by atoms with Gasteiger partial charge < -0.3 is 10.1 Å². The second kappa shape index (κ2) is 4.81. The number of methoxy groups -OCH3 is 1. The van der Waals surface area contributed by atoms with Crippen molar-refractivity contribution in [2.24, 2.45) is 0 Å². The van der Waals surface area contributed by atoms with E-state index in [9.17, 15) is 0 Å². The quantitative estimate of drug-likeness (QED) is 0.861. The number of hydrogen-bond acceptors (Lipinski definition) is 3. The molecular formula is C11H15ClN2O. The molecule has 0 aliphatic heterocycles. The van der Waals surface area contributed by atoms with Gasteiger partial charge in [0, 0.05) is 13.3 Å². The van der Waals surface area contributed by atoms with Gasteiger partial charge in [-0.1, -0.05) is 11.6 Å². The lowest BCUT2D eigenvalue weighted by molar-refractivity contribution is 0.101. The summed E-state index contributed by atoms with van der Waals surface area (Å²) >= 11 is 5.77. The first kappa shape index (κ1) is 10.7. The Hall–Kier alpha value is -0.800. The number of ether oxygens (including phenoxy) is 1. The highest BCUT2D eigenvalue weighted by atomic mass is 35.5. The van der Waals surface area contributed by atoms with Gasteiger partial charge in [0.05, 0.1) is 17.2 Å². The fraction of sp³-hybridized carbons (Fsp3) is 0.545. The second-order valence-corrected chi connectivity index (χ2v) is 4.25. The first-order valence-corrected chi connectivity index (χ1v) is 5.58. The summed E-state index contributed by atoms with van der Waals surface area (Å²) in [4.78, 5) is 4.21. The minimum Gasteiger partial charge on any atom is -0.379 e. The van der Waals surface area contributed by atoms with Crippen molar-refractivity contribution in [3.05, 3.63) is 23.4 Å². The lowest BCUT2D eigenvalue weighted by atomic mass is 10.2. The Bertz CT molecular complexity index is 315. The molecule has 0 aromatic carbocycles. The molecule has 15 heavy (non-hydrogen) atoms. The number of aromatic nitrogens is 1. The average molecular weight is 227 g/mol. The minimum absolute atomic E-state index is 0.308. The van der Waals surface area contributed by atoms with Crippen LogP contribution in [-0.4, -0.2) is 24.2 Å². The van der Waals surface area contributed by atoms with Crippen molar-refractivity contribution < 1.29 is 4.74 Å². The van der Waals surface area contributed by atoms with E-state index < -0.39 is 0 Å². The van der Waals surface area contributed by atoms with Crippen LogP contribution in [0.5, 0.6) is 0 Å².